The lowest BCUT2D eigenvalue weighted by atomic mass is 10.2. The van der Waals surface area contributed by atoms with E-state index in [2.05, 4.69) is 10.2 Å². The standard InChI is InChI=1S/C18H15Cl3FN3OS/c1-10(26-16-7-6-11(19)8-14(16)21)17-23-24-18(25(17)2)27-9-12-13(20)4-3-5-15(12)22/h3-8,10H,9H2,1-2H3. The Kier molecular flexibility index (Phi) is 6.52. The monoisotopic (exact) mass is 445 g/mol. The summed E-state index contributed by atoms with van der Waals surface area (Å²) < 4.78 is 21.6. The van der Waals surface area contributed by atoms with E-state index >= 15 is 0 Å². The first-order chi connectivity index (χ1) is 12.9. The van der Waals surface area contributed by atoms with Crippen molar-refractivity contribution in [1.29, 1.82) is 0 Å². The first kappa shape index (κ1) is 20.3. The lowest BCUT2D eigenvalue weighted by Gasteiger charge is -2.15. The minimum absolute atomic E-state index is 0.341. The zero-order valence-corrected chi connectivity index (χ0v) is 17.5. The highest BCUT2D eigenvalue weighted by Crippen LogP contribution is 2.32. The molecular weight excluding hydrogens is 432 g/mol. The average molecular weight is 447 g/mol. The van der Waals surface area contributed by atoms with Crippen molar-refractivity contribution in [3.8, 4) is 5.75 Å². The summed E-state index contributed by atoms with van der Waals surface area (Å²) in [6.45, 7) is 1.84. The molecule has 9 heteroatoms. The highest BCUT2D eigenvalue weighted by molar-refractivity contribution is 7.98. The summed E-state index contributed by atoms with van der Waals surface area (Å²) in [7, 11) is 1.82. The highest BCUT2D eigenvalue weighted by atomic mass is 35.5. The Morgan fingerprint density at radius 3 is 2.63 bits per heavy atom. The summed E-state index contributed by atoms with van der Waals surface area (Å²) in [5, 5.41) is 10.3. The van der Waals surface area contributed by atoms with Gasteiger partial charge in [-0.1, -0.05) is 52.6 Å². The molecule has 3 rings (SSSR count). The molecule has 3 aromatic rings. The SMILES string of the molecule is CC(Oc1ccc(Cl)cc1Cl)c1nnc(SCc2c(F)cccc2Cl)n1C. The highest BCUT2D eigenvalue weighted by Gasteiger charge is 2.19. The molecule has 0 saturated carbocycles. The van der Waals surface area contributed by atoms with Crippen molar-refractivity contribution in [3.05, 3.63) is 68.7 Å². The van der Waals surface area contributed by atoms with Gasteiger partial charge in [0.15, 0.2) is 17.1 Å². The lowest BCUT2D eigenvalue weighted by molar-refractivity contribution is 0.211. The van der Waals surface area contributed by atoms with Crippen molar-refractivity contribution in [2.75, 3.05) is 0 Å². The van der Waals surface area contributed by atoms with Gasteiger partial charge in [-0.3, -0.25) is 0 Å². The number of hydrogen-bond acceptors (Lipinski definition) is 4. The van der Waals surface area contributed by atoms with Gasteiger partial charge < -0.3 is 9.30 Å². The zero-order valence-electron chi connectivity index (χ0n) is 14.4. The van der Waals surface area contributed by atoms with Crippen molar-refractivity contribution in [2.45, 2.75) is 23.9 Å². The van der Waals surface area contributed by atoms with E-state index in [4.69, 9.17) is 39.5 Å². The van der Waals surface area contributed by atoms with Crippen LogP contribution in [-0.4, -0.2) is 14.8 Å². The maximum Gasteiger partial charge on any atom is 0.191 e. The molecule has 1 heterocycles. The summed E-state index contributed by atoms with van der Waals surface area (Å²) in [6, 6.07) is 9.64. The van der Waals surface area contributed by atoms with Crippen LogP contribution in [0.3, 0.4) is 0 Å². The minimum Gasteiger partial charge on any atom is -0.481 e. The molecule has 0 aliphatic rings. The number of halogens is 4. The van der Waals surface area contributed by atoms with E-state index in [1.54, 1.807) is 34.9 Å². The van der Waals surface area contributed by atoms with E-state index in [1.807, 2.05) is 14.0 Å². The molecule has 0 aliphatic heterocycles. The summed E-state index contributed by atoms with van der Waals surface area (Å²) >= 11 is 19.5. The number of aromatic nitrogens is 3. The molecule has 0 radical (unpaired) electrons. The number of nitrogens with zero attached hydrogens (tertiary/aromatic N) is 3. The van der Waals surface area contributed by atoms with Crippen LogP contribution in [0.25, 0.3) is 0 Å². The van der Waals surface area contributed by atoms with Crippen LogP contribution in [-0.2, 0) is 12.8 Å². The molecule has 0 spiro atoms. The summed E-state index contributed by atoms with van der Waals surface area (Å²) in [4.78, 5) is 0. The average Bonchev–Trinajstić information content (AvgIpc) is 2.98. The third-order valence-corrected chi connectivity index (χ3v) is 5.77. The van der Waals surface area contributed by atoms with E-state index < -0.39 is 6.10 Å². The summed E-state index contributed by atoms with van der Waals surface area (Å²) in [5.41, 5.74) is 0.436. The van der Waals surface area contributed by atoms with E-state index in [0.29, 0.717) is 43.1 Å². The summed E-state index contributed by atoms with van der Waals surface area (Å²) in [6.07, 6.45) is -0.396. The largest absolute Gasteiger partial charge is 0.481 e. The van der Waals surface area contributed by atoms with E-state index in [0.717, 1.165) is 0 Å². The van der Waals surface area contributed by atoms with Crippen molar-refractivity contribution < 1.29 is 9.13 Å². The Balaban J connectivity index is 1.72. The third-order valence-electron chi connectivity index (χ3n) is 3.84. The molecular formula is C18H15Cl3FN3OS. The maximum absolute atomic E-state index is 13.9. The fourth-order valence-electron chi connectivity index (χ4n) is 2.43. The Hall–Kier alpha value is -1.47. The van der Waals surface area contributed by atoms with Gasteiger partial charge in [0, 0.05) is 28.4 Å². The number of ether oxygens (including phenoxy) is 1. The fourth-order valence-corrected chi connectivity index (χ4v) is 4.14. The Morgan fingerprint density at radius 2 is 1.93 bits per heavy atom. The van der Waals surface area contributed by atoms with Crippen LogP contribution in [0.1, 0.15) is 24.4 Å². The van der Waals surface area contributed by atoms with Crippen LogP contribution in [0.15, 0.2) is 41.6 Å². The van der Waals surface area contributed by atoms with Crippen LogP contribution >= 0.6 is 46.6 Å². The fraction of sp³-hybridized carbons (Fsp3) is 0.222. The van der Waals surface area contributed by atoms with Gasteiger partial charge in [-0.25, -0.2) is 4.39 Å². The molecule has 4 nitrogen and oxygen atoms in total. The van der Waals surface area contributed by atoms with Gasteiger partial charge in [-0.05, 0) is 37.3 Å². The van der Waals surface area contributed by atoms with Gasteiger partial charge in [0.2, 0.25) is 0 Å². The molecule has 0 N–H and O–H groups in total. The quantitative estimate of drug-likeness (QED) is 0.414. The van der Waals surface area contributed by atoms with Crippen LogP contribution in [0.4, 0.5) is 4.39 Å². The number of benzene rings is 2. The predicted octanol–water partition coefficient (Wildman–Crippen LogP) is 6.35. The smallest absolute Gasteiger partial charge is 0.191 e. The van der Waals surface area contributed by atoms with Crippen LogP contribution in [0, 0.1) is 5.82 Å². The first-order valence-electron chi connectivity index (χ1n) is 7.93. The third kappa shape index (κ3) is 4.69. The molecule has 27 heavy (non-hydrogen) atoms. The van der Waals surface area contributed by atoms with Gasteiger partial charge >= 0.3 is 0 Å². The second-order valence-electron chi connectivity index (χ2n) is 5.72. The molecule has 0 bridgehead atoms. The molecule has 1 atom stereocenters. The van der Waals surface area contributed by atoms with Gasteiger partial charge in [-0.2, -0.15) is 0 Å². The molecule has 1 unspecified atom stereocenters. The minimum atomic E-state index is -0.396. The lowest BCUT2D eigenvalue weighted by Crippen LogP contribution is -2.10. The van der Waals surface area contributed by atoms with Crippen LogP contribution < -0.4 is 4.74 Å². The second kappa shape index (κ2) is 8.69. The van der Waals surface area contributed by atoms with Crippen LogP contribution in [0.2, 0.25) is 15.1 Å². The normalized spacial score (nSPS) is 12.2. The van der Waals surface area contributed by atoms with Crippen LogP contribution in [0.5, 0.6) is 5.75 Å². The van der Waals surface area contributed by atoms with E-state index in [1.165, 1.54) is 17.8 Å². The first-order valence-corrected chi connectivity index (χ1v) is 10.1. The van der Waals surface area contributed by atoms with E-state index in [-0.39, 0.29) is 5.82 Å². The Morgan fingerprint density at radius 1 is 1.15 bits per heavy atom. The van der Waals surface area contributed by atoms with E-state index in [9.17, 15) is 4.39 Å². The van der Waals surface area contributed by atoms with Crippen molar-refractivity contribution in [1.82, 2.24) is 14.8 Å². The molecule has 0 saturated heterocycles. The van der Waals surface area contributed by atoms with Gasteiger partial charge in [0.1, 0.15) is 11.6 Å². The number of hydrogen-bond donors (Lipinski definition) is 0. The van der Waals surface area contributed by atoms with Gasteiger partial charge in [0.05, 0.1) is 5.02 Å². The summed E-state index contributed by atoms with van der Waals surface area (Å²) in [5.74, 6) is 1.12. The van der Waals surface area contributed by atoms with Gasteiger partial charge in [-0.15, -0.1) is 10.2 Å². The molecule has 0 amide bonds. The molecule has 142 valence electrons. The maximum atomic E-state index is 13.9. The second-order valence-corrected chi connectivity index (χ2v) is 7.92. The van der Waals surface area contributed by atoms with Gasteiger partial charge in [0.25, 0.3) is 0 Å². The zero-order chi connectivity index (χ0) is 19.6. The molecule has 2 aromatic carbocycles. The predicted molar refractivity (Wildman–Crippen MR) is 107 cm³/mol. The Labute approximate surface area is 175 Å². The topological polar surface area (TPSA) is 39.9 Å². The molecule has 0 fully saturated rings. The van der Waals surface area contributed by atoms with Crippen molar-refractivity contribution in [3.63, 3.8) is 0 Å². The molecule has 0 aliphatic carbocycles. The number of rotatable bonds is 6. The number of thioether (sulfide) groups is 1. The van der Waals surface area contributed by atoms with Crippen molar-refractivity contribution >= 4 is 46.6 Å². The van der Waals surface area contributed by atoms with Crippen molar-refractivity contribution in [2.24, 2.45) is 7.05 Å². The molecule has 1 aromatic heterocycles. The Bertz CT molecular complexity index is 947.